The molecule has 1 aliphatic heterocycles. The highest BCUT2D eigenvalue weighted by atomic mass is 16.5. The summed E-state index contributed by atoms with van der Waals surface area (Å²) in [6.45, 7) is 2.47. The Balaban J connectivity index is 2.36. The van der Waals surface area contributed by atoms with Gasteiger partial charge in [-0.1, -0.05) is 0 Å². The Labute approximate surface area is 60.9 Å². The van der Waals surface area contributed by atoms with Crippen LogP contribution in [0.3, 0.4) is 0 Å². The highest BCUT2D eigenvalue weighted by molar-refractivity contribution is 4.76. The van der Waals surface area contributed by atoms with Crippen molar-refractivity contribution >= 4 is 0 Å². The van der Waals surface area contributed by atoms with E-state index < -0.39 is 0 Å². The zero-order valence-electron chi connectivity index (χ0n) is 6.41. The van der Waals surface area contributed by atoms with E-state index in [9.17, 15) is 5.11 Å². The first-order chi connectivity index (χ1) is 4.74. The van der Waals surface area contributed by atoms with Gasteiger partial charge in [0.05, 0.1) is 18.8 Å². The van der Waals surface area contributed by atoms with Crippen LogP contribution < -0.4 is 0 Å². The molecule has 3 atom stereocenters. The number of rotatable bonds is 1. The molecule has 1 saturated heterocycles. The molecular formula is C7H14O3. The molecule has 0 amide bonds. The van der Waals surface area contributed by atoms with E-state index in [-0.39, 0.29) is 18.3 Å². The first kappa shape index (κ1) is 7.98. The summed E-state index contributed by atoms with van der Waals surface area (Å²) in [7, 11) is 1.59. The average molecular weight is 146 g/mol. The summed E-state index contributed by atoms with van der Waals surface area (Å²) in [5.74, 6) is 0. The summed E-state index contributed by atoms with van der Waals surface area (Å²) in [5.41, 5.74) is 0. The molecule has 0 spiro atoms. The number of aliphatic hydroxyl groups is 1. The summed E-state index contributed by atoms with van der Waals surface area (Å²) in [6, 6.07) is 0. The highest BCUT2D eigenvalue weighted by Gasteiger charge is 2.26. The Kier molecular flexibility index (Phi) is 2.65. The number of methoxy groups -OCH3 is 1. The van der Waals surface area contributed by atoms with Crippen molar-refractivity contribution in [3.8, 4) is 0 Å². The standard InChI is InChI=1S/C7H14O3/c1-5-3-6(8)7(9-2)4-10-5/h5-8H,3-4H2,1-2H3/t5-,6+,7-/m0/s1. The second-order valence-electron chi connectivity index (χ2n) is 2.72. The number of aliphatic hydroxyl groups excluding tert-OH is 1. The molecule has 1 rings (SSSR count). The van der Waals surface area contributed by atoms with Crippen LogP contribution in [0.2, 0.25) is 0 Å². The maximum Gasteiger partial charge on any atom is 0.106 e. The van der Waals surface area contributed by atoms with Crippen molar-refractivity contribution in [3.05, 3.63) is 0 Å². The molecule has 0 aromatic heterocycles. The highest BCUT2D eigenvalue weighted by Crippen LogP contribution is 2.15. The SMILES string of the molecule is CO[C@H]1CO[C@@H](C)C[C@H]1O. The van der Waals surface area contributed by atoms with Gasteiger partial charge in [-0.05, 0) is 6.92 Å². The molecule has 1 heterocycles. The Bertz CT molecular complexity index is 105. The Hall–Kier alpha value is -0.120. The van der Waals surface area contributed by atoms with E-state index in [1.807, 2.05) is 6.92 Å². The normalized spacial score (nSPS) is 41.7. The molecule has 0 aromatic carbocycles. The fourth-order valence-corrected chi connectivity index (χ4v) is 1.16. The van der Waals surface area contributed by atoms with Gasteiger partial charge >= 0.3 is 0 Å². The maximum absolute atomic E-state index is 9.33. The van der Waals surface area contributed by atoms with E-state index in [1.165, 1.54) is 0 Å². The molecule has 0 aromatic rings. The second kappa shape index (κ2) is 3.32. The topological polar surface area (TPSA) is 38.7 Å². The van der Waals surface area contributed by atoms with Crippen molar-refractivity contribution in [1.82, 2.24) is 0 Å². The molecule has 3 heteroatoms. The third-order valence-electron chi connectivity index (χ3n) is 1.85. The fraction of sp³-hybridized carbons (Fsp3) is 1.00. The first-order valence-corrected chi connectivity index (χ1v) is 3.56. The third-order valence-corrected chi connectivity index (χ3v) is 1.85. The van der Waals surface area contributed by atoms with Crippen LogP contribution in [0.4, 0.5) is 0 Å². The largest absolute Gasteiger partial charge is 0.390 e. The van der Waals surface area contributed by atoms with Crippen LogP contribution in [0.25, 0.3) is 0 Å². The molecule has 10 heavy (non-hydrogen) atoms. The summed E-state index contributed by atoms with van der Waals surface area (Å²) < 4.78 is 10.2. The third kappa shape index (κ3) is 1.68. The Morgan fingerprint density at radius 2 is 2.30 bits per heavy atom. The van der Waals surface area contributed by atoms with Crippen LogP contribution in [0, 0.1) is 0 Å². The minimum atomic E-state index is -0.353. The summed E-state index contributed by atoms with van der Waals surface area (Å²) in [5, 5.41) is 9.33. The molecule has 60 valence electrons. The Morgan fingerprint density at radius 1 is 1.60 bits per heavy atom. The van der Waals surface area contributed by atoms with Crippen LogP contribution in [0.15, 0.2) is 0 Å². The van der Waals surface area contributed by atoms with Gasteiger partial charge in [0, 0.05) is 13.5 Å². The van der Waals surface area contributed by atoms with Gasteiger partial charge in [0.1, 0.15) is 6.10 Å². The predicted molar refractivity (Wildman–Crippen MR) is 36.8 cm³/mol. The van der Waals surface area contributed by atoms with Crippen molar-refractivity contribution in [2.45, 2.75) is 31.7 Å². The molecular weight excluding hydrogens is 132 g/mol. The monoisotopic (exact) mass is 146 g/mol. The lowest BCUT2D eigenvalue weighted by Crippen LogP contribution is -2.41. The smallest absolute Gasteiger partial charge is 0.106 e. The van der Waals surface area contributed by atoms with Crippen molar-refractivity contribution in [3.63, 3.8) is 0 Å². The van der Waals surface area contributed by atoms with Gasteiger partial charge in [0.2, 0.25) is 0 Å². The van der Waals surface area contributed by atoms with Gasteiger partial charge in [-0.2, -0.15) is 0 Å². The molecule has 1 aliphatic rings. The van der Waals surface area contributed by atoms with E-state index in [1.54, 1.807) is 7.11 Å². The van der Waals surface area contributed by atoms with E-state index >= 15 is 0 Å². The summed E-state index contributed by atoms with van der Waals surface area (Å²) in [6.07, 6.45) is 0.366. The zero-order valence-corrected chi connectivity index (χ0v) is 6.41. The van der Waals surface area contributed by atoms with Crippen LogP contribution in [0.5, 0.6) is 0 Å². The predicted octanol–water partition coefficient (Wildman–Crippen LogP) is 0.171. The fourth-order valence-electron chi connectivity index (χ4n) is 1.16. The van der Waals surface area contributed by atoms with Crippen LogP contribution in [-0.4, -0.2) is 37.1 Å². The van der Waals surface area contributed by atoms with Crippen molar-refractivity contribution in [2.24, 2.45) is 0 Å². The summed E-state index contributed by atoms with van der Waals surface area (Å²) >= 11 is 0. The van der Waals surface area contributed by atoms with Gasteiger partial charge in [-0.15, -0.1) is 0 Å². The zero-order chi connectivity index (χ0) is 7.56. The Morgan fingerprint density at radius 3 is 2.80 bits per heavy atom. The number of hydrogen-bond donors (Lipinski definition) is 1. The minimum absolute atomic E-state index is 0.129. The number of ether oxygens (including phenoxy) is 2. The van der Waals surface area contributed by atoms with E-state index in [2.05, 4.69) is 0 Å². The van der Waals surface area contributed by atoms with Crippen molar-refractivity contribution in [2.75, 3.05) is 13.7 Å². The van der Waals surface area contributed by atoms with Gasteiger partial charge in [0.25, 0.3) is 0 Å². The molecule has 1 fully saturated rings. The van der Waals surface area contributed by atoms with Gasteiger partial charge in [0.15, 0.2) is 0 Å². The molecule has 0 aliphatic carbocycles. The lowest BCUT2D eigenvalue weighted by atomic mass is 10.1. The van der Waals surface area contributed by atoms with Gasteiger partial charge in [-0.3, -0.25) is 0 Å². The minimum Gasteiger partial charge on any atom is -0.390 e. The van der Waals surface area contributed by atoms with Crippen LogP contribution in [-0.2, 0) is 9.47 Å². The molecule has 3 nitrogen and oxygen atoms in total. The van der Waals surface area contributed by atoms with E-state index in [0.717, 1.165) is 0 Å². The quantitative estimate of drug-likeness (QED) is 0.573. The molecule has 0 saturated carbocycles. The van der Waals surface area contributed by atoms with Crippen LogP contribution >= 0.6 is 0 Å². The maximum atomic E-state index is 9.33. The molecule has 0 bridgehead atoms. The summed E-state index contributed by atoms with van der Waals surface area (Å²) in [4.78, 5) is 0. The van der Waals surface area contributed by atoms with Gasteiger partial charge in [-0.25, -0.2) is 0 Å². The molecule has 0 radical (unpaired) electrons. The van der Waals surface area contributed by atoms with Crippen LogP contribution in [0.1, 0.15) is 13.3 Å². The lowest BCUT2D eigenvalue weighted by molar-refractivity contribution is -0.128. The number of hydrogen-bond acceptors (Lipinski definition) is 3. The van der Waals surface area contributed by atoms with E-state index in [0.29, 0.717) is 13.0 Å². The van der Waals surface area contributed by atoms with Crippen molar-refractivity contribution in [1.29, 1.82) is 0 Å². The molecule has 0 unspecified atom stereocenters. The van der Waals surface area contributed by atoms with E-state index in [4.69, 9.17) is 9.47 Å². The average Bonchev–Trinajstić information content (AvgIpc) is 1.88. The van der Waals surface area contributed by atoms with Crippen molar-refractivity contribution < 1.29 is 14.6 Å². The second-order valence-corrected chi connectivity index (χ2v) is 2.72. The lowest BCUT2D eigenvalue weighted by Gasteiger charge is -2.30. The van der Waals surface area contributed by atoms with Gasteiger partial charge < -0.3 is 14.6 Å². The molecule has 1 N–H and O–H groups in total. The first-order valence-electron chi connectivity index (χ1n) is 3.56.